The van der Waals surface area contributed by atoms with E-state index in [0.717, 1.165) is 4.31 Å². The van der Waals surface area contributed by atoms with Crippen molar-refractivity contribution in [2.24, 2.45) is 0 Å². The van der Waals surface area contributed by atoms with Crippen LogP contribution in [-0.4, -0.2) is 81.3 Å². The lowest BCUT2D eigenvalue weighted by Crippen LogP contribution is -2.43. The molecule has 0 unspecified atom stereocenters. The van der Waals surface area contributed by atoms with E-state index < -0.39 is 28.2 Å². The van der Waals surface area contributed by atoms with Crippen LogP contribution in [-0.2, 0) is 24.3 Å². The lowest BCUT2D eigenvalue weighted by Gasteiger charge is -2.22. The Bertz CT molecular complexity index is 406. The maximum absolute atomic E-state index is 11.9. The van der Waals surface area contributed by atoms with Crippen LogP contribution >= 0.6 is 0 Å². The molecule has 0 aliphatic rings. The van der Waals surface area contributed by atoms with Crippen LogP contribution < -0.4 is 0 Å². The van der Waals surface area contributed by atoms with E-state index >= 15 is 0 Å². The summed E-state index contributed by atoms with van der Waals surface area (Å²) in [5.41, 5.74) is 0. The molecule has 1 amide bonds. The summed E-state index contributed by atoms with van der Waals surface area (Å²) >= 11 is 0. The number of likely N-dealkylation sites (N-methyl/N-ethyl adjacent to an activating group) is 1. The fourth-order valence-corrected chi connectivity index (χ4v) is 2.50. The van der Waals surface area contributed by atoms with Crippen molar-refractivity contribution < 1.29 is 27.9 Å². The van der Waals surface area contributed by atoms with Gasteiger partial charge >= 0.3 is 5.97 Å². The number of carbonyl (C=O) groups excluding carboxylic acids is 1. The molecule has 0 aromatic carbocycles. The van der Waals surface area contributed by atoms with Crippen LogP contribution in [0.4, 0.5) is 0 Å². The van der Waals surface area contributed by atoms with E-state index in [1.54, 1.807) is 0 Å². The molecule has 0 spiro atoms. The average molecular weight is 296 g/mol. The predicted octanol–water partition coefficient (Wildman–Crippen LogP) is -1.17. The smallest absolute Gasteiger partial charge is 0.304 e. The average Bonchev–Trinajstić information content (AvgIpc) is 2.31. The Kier molecular flexibility index (Phi) is 7.57. The number of aliphatic carboxylic acids is 1. The second-order valence-electron chi connectivity index (χ2n) is 4.07. The number of hydrogen-bond donors (Lipinski definition) is 1. The maximum Gasteiger partial charge on any atom is 0.304 e. The highest BCUT2D eigenvalue weighted by Crippen LogP contribution is 2.04. The summed E-state index contributed by atoms with van der Waals surface area (Å²) in [7, 11) is 0.648. The first-order chi connectivity index (χ1) is 8.70. The fraction of sp³-hybridized carbons (Fsp3) is 0.800. The minimum atomic E-state index is -3.79. The summed E-state index contributed by atoms with van der Waals surface area (Å²) in [4.78, 5) is 23.3. The molecule has 0 saturated heterocycles. The summed E-state index contributed by atoms with van der Waals surface area (Å²) in [5, 5.41) is 8.52. The number of hydrogen-bond acceptors (Lipinski definition) is 5. The maximum atomic E-state index is 11.9. The molecule has 0 radical (unpaired) electrons. The first-order valence-corrected chi connectivity index (χ1v) is 7.20. The Morgan fingerprint density at radius 3 is 2.26 bits per heavy atom. The number of carbonyl (C=O) groups is 2. The van der Waals surface area contributed by atoms with Gasteiger partial charge in [0.1, 0.15) is 0 Å². The van der Waals surface area contributed by atoms with Crippen molar-refractivity contribution in [1.82, 2.24) is 9.21 Å². The van der Waals surface area contributed by atoms with E-state index in [1.807, 2.05) is 0 Å². The van der Waals surface area contributed by atoms with Crippen molar-refractivity contribution >= 4 is 21.9 Å². The van der Waals surface area contributed by atoms with Crippen molar-refractivity contribution in [3.8, 4) is 0 Å². The van der Waals surface area contributed by atoms with Gasteiger partial charge in [-0.1, -0.05) is 0 Å². The Labute approximate surface area is 113 Å². The van der Waals surface area contributed by atoms with Gasteiger partial charge in [-0.05, 0) is 0 Å². The van der Waals surface area contributed by atoms with Crippen molar-refractivity contribution in [2.75, 3.05) is 46.7 Å². The van der Waals surface area contributed by atoms with Gasteiger partial charge in [0, 0.05) is 27.7 Å². The summed E-state index contributed by atoms with van der Waals surface area (Å²) in [6.45, 7) is -0.177. The first-order valence-electron chi connectivity index (χ1n) is 5.59. The Balaban J connectivity index is 4.80. The van der Waals surface area contributed by atoms with Gasteiger partial charge in [-0.15, -0.1) is 0 Å². The van der Waals surface area contributed by atoms with Gasteiger partial charge in [-0.2, -0.15) is 4.31 Å². The zero-order chi connectivity index (χ0) is 15.1. The third-order valence-corrected chi connectivity index (χ3v) is 4.14. The molecule has 8 nitrogen and oxygen atoms in total. The third kappa shape index (κ3) is 7.09. The van der Waals surface area contributed by atoms with Crippen LogP contribution in [0.25, 0.3) is 0 Å². The van der Waals surface area contributed by atoms with Crippen LogP contribution in [0.15, 0.2) is 0 Å². The molecule has 0 atom stereocenters. The number of amides is 1. The van der Waals surface area contributed by atoms with E-state index in [9.17, 15) is 18.0 Å². The molecule has 1 N–H and O–H groups in total. The second kappa shape index (κ2) is 8.08. The topological polar surface area (TPSA) is 104 Å². The van der Waals surface area contributed by atoms with Crippen molar-refractivity contribution in [2.45, 2.75) is 6.42 Å². The molecule has 19 heavy (non-hydrogen) atoms. The summed E-state index contributed by atoms with van der Waals surface area (Å²) in [5.74, 6) is -2.11. The zero-order valence-electron chi connectivity index (χ0n) is 11.3. The Morgan fingerprint density at radius 1 is 1.26 bits per heavy atom. The quantitative estimate of drug-likeness (QED) is 0.575. The molecule has 0 aromatic rings. The van der Waals surface area contributed by atoms with Gasteiger partial charge in [0.25, 0.3) is 0 Å². The van der Waals surface area contributed by atoms with Crippen molar-refractivity contribution in [1.29, 1.82) is 0 Å². The van der Waals surface area contributed by atoms with Crippen LogP contribution in [0.3, 0.4) is 0 Å². The van der Waals surface area contributed by atoms with Crippen LogP contribution in [0.1, 0.15) is 6.42 Å². The number of carboxylic acids is 1. The molecule has 9 heteroatoms. The molecule has 0 aliphatic heterocycles. The van der Waals surface area contributed by atoms with Crippen LogP contribution in [0, 0.1) is 0 Å². The first kappa shape index (κ1) is 17.8. The SMILES string of the molecule is COCCN(CC(=O)N(C)C)S(=O)(=O)CCC(=O)O. The highest BCUT2D eigenvalue weighted by Gasteiger charge is 2.25. The Morgan fingerprint density at radius 2 is 1.84 bits per heavy atom. The summed E-state index contributed by atoms with van der Waals surface area (Å²) < 4.78 is 29.6. The fourth-order valence-electron chi connectivity index (χ4n) is 1.15. The van der Waals surface area contributed by atoms with E-state index in [0.29, 0.717) is 0 Å². The standard InChI is InChI=1S/C10H20N2O6S/c1-11(2)9(13)8-12(5-6-18-3)19(16,17)7-4-10(14)15/h4-8H2,1-3H3,(H,14,15). The summed E-state index contributed by atoms with van der Waals surface area (Å²) in [6, 6.07) is 0. The summed E-state index contributed by atoms with van der Waals surface area (Å²) in [6.07, 6.45) is -0.498. The van der Waals surface area contributed by atoms with E-state index in [4.69, 9.17) is 9.84 Å². The molecular formula is C10H20N2O6S. The van der Waals surface area contributed by atoms with E-state index in [1.165, 1.54) is 26.1 Å². The van der Waals surface area contributed by atoms with E-state index in [2.05, 4.69) is 0 Å². The van der Waals surface area contributed by atoms with Crippen LogP contribution in [0.2, 0.25) is 0 Å². The van der Waals surface area contributed by atoms with Gasteiger partial charge in [0.2, 0.25) is 15.9 Å². The number of rotatable bonds is 9. The molecule has 0 aromatic heterocycles. The van der Waals surface area contributed by atoms with Crippen molar-refractivity contribution in [3.63, 3.8) is 0 Å². The molecule has 0 saturated carbocycles. The molecular weight excluding hydrogens is 276 g/mol. The lowest BCUT2D eigenvalue weighted by molar-refractivity contribution is -0.136. The van der Waals surface area contributed by atoms with Crippen molar-refractivity contribution in [3.05, 3.63) is 0 Å². The highest BCUT2D eigenvalue weighted by atomic mass is 32.2. The third-order valence-electron chi connectivity index (χ3n) is 2.32. The number of methoxy groups -OCH3 is 1. The Hall–Kier alpha value is -1.19. The number of sulfonamides is 1. The normalized spacial score (nSPS) is 11.6. The van der Waals surface area contributed by atoms with Gasteiger partial charge < -0.3 is 14.7 Å². The van der Waals surface area contributed by atoms with Crippen LogP contribution in [0.5, 0.6) is 0 Å². The van der Waals surface area contributed by atoms with Gasteiger partial charge in [-0.3, -0.25) is 9.59 Å². The molecule has 112 valence electrons. The van der Waals surface area contributed by atoms with E-state index in [-0.39, 0.29) is 25.6 Å². The lowest BCUT2D eigenvalue weighted by atomic mass is 10.5. The predicted molar refractivity (Wildman–Crippen MR) is 68.2 cm³/mol. The minimum Gasteiger partial charge on any atom is -0.481 e. The van der Waals surface area contributed by atoms with Gasteiger partial charge in [-0.25, -0.2) is 8.42 Å². The highest BCUT2D eigenvalue weighted by molar-refractivity contribution is 7.89. The molecule has 0 aliphatic carbocycles. The largest absolute Gasteiger partial charge is 0.481 e. The molecule has 0 bridgehead atoms. The second-order valence-corrected chi connectivity index (χ2v) is 6.16. The number of carboxylic acid groups (broad SMARTS) is 1. The van der Waals surface area contributed by atoms with Gasteiger partial charge in [0.05, 0.1) is 25.3 Å². The minimum absolute atomic E-state index is 0.0119. The molecule has 0 rings (SSSR count). The molecule has 0 heterocycles. The monoisotopic (exact) mass is 296 g/mol. The number of nitrogens with zero attached hydrogens (tertiary/aromatic N) is 2. The van der Waals surface area contributed by atoms with Gasteiger partial charge in [0.15, 0.2) is 0 Å². The zero-order valence-corrected chi connectivity index (χ0v) is 12.1. The molecule has 0 fully saturated rings. The number of ether oxygens (including phenoxy) is 1.